The van der Waals surface area contributed by atoms with Crippen molar-refractivity contribution in [3.63, 3.8) is 0 Å². The van der Waals surface area contributed by atoms with E-state index < -0.39 is 12.0 Å². The maximum absolute atomic E-state index is 11.4. The molecule has 114 valence electrons. The number of aliphatic carboxylic acids is 1. The number of benzene rings is 1. The van der Waals surface area contributed by atoms with E-state index in [9.17, 15) is 9.90 Å². The summed E-state index contributed by atoms with van der Waals surface area (Å²) in [6.45, 7) is 2.31. The van der Waals surface area contributed by atoms with E-state index in [4.69, 9.17) is 4.42 Å². The Balaban J connectivity index is 1.76. The van der Waals surface area contributed by atoms with E-state index in [0.717, 1.165) is 34.0 Å². The van der Waals surface area contributed by atoms with Crippen LogP contribution in [0.1, 0.15) is 17.0 Å². The summed E-state index contributed by atoms with van der Waals surface area (Å²) < 4.78 is 13.6. The van der Waals surface area contributed by atoms with Crippen LogP contribution in [-0.2, 0) is 17.8 Å². The van der Waals surface area contributed by atoms with Gasteiger partial charge in [-0.2, -0.15) is 8.75 Å². The zero-order valence-corrected chi connectivity index (χ0v) is 12.8. The van der Waals surface area contributed by atoms with Crippen LogP contribution in [0.15, 0.2) is 34.9 Å². The number of carboxylic acids is 1. The van der Waals surface area contributed by atoms with Gasteiger partial charge in [-0.15, -0.1) is 0 Å². The second kappa shape index (κ2) is 6.25. The Morgan fingerprint density at radius 2 is 2.27 bits per heavy atom. The Morgan fingerprint density at radius 3 is 3.00 bits per heavy atom. The van der Waals surface area contributed by atoms with Gasteiger partial charge in [-0.3, -0.25) is 10.1 Å². The number of nitrogens with zero attached hydrogens (tertiary/aromatic N) is 2. The molecule has 2 N–H and O–H groups in total. The highest BCUT2D eigenvalue weighted by atomic mass is 32.1. The van der Waals surface area contributed by atoms with Crippen molar-refractivity contribution in [3.8, 4) is 0 Å². The smallest absolute Gasteiger partial charge is 0.321 e. The topological polar surface area (TPSA) is 88.3 Å². The third-order valence-corrected chi connectivity index (χ3v) is 4.06. The zero-order valence-electron chi connectivity index (χ0n) is 11.9. The molecule has 1 unspecified atom stereocenters. The Hall–Kier alpha value is -2.25. The van der Waals surface area contributed by atoms with Crippen molar-refractivity contribution >= 4 is 28.7 Å². The summed E-state index contributed by atoms with van der Waals surface area (Å²) in [6, 6.07) is 7.02. The molecule has 1 atom stereocenters. The first-order valence-electron chi connectivity index (χ1n) is 6.85. The van der Waals surface area contributed by atoms with Crippen molar-refractivity contribution in [2.24, 2.45) is 0 Å². The van der Waals surface area contributed by atoms with E-state index in [2.05, 4.69) is 14.1 Å². The standard InChI is InChI=1S/C15H15N3O3S/c1-9-12(11-4-2-3-5-14(11)21-9)8-16-13(15(19)20)6-10-7-17-22-18-10/h2-5,7,13,16H,6,8H2,1H3,(H,19,20). The predicted molar refractivity (Wildman–Crippen MR) is 82.8 cm³/mol. The molecule has 22 heavy (non-hydrogen) atoms. The quantitative estimate of drug-likeness (QED) is 0.725. The summed E-state index contributed by atoms with van der Waals surface area (Å²) in [5.74, 6) is -0.105. The van der Waals surface area contributed by atoms with Gasteiger partial charge in [0.25, 0.3) is 0 Å². The minimum atomic E-state index is -0.904. The lowest BCUT2D eigenvalue weighted by Crippen LogP contribution is -2.38. The molecule has 0 aliphatic heterocycles. The van der Waals surface area contributed by atoms with Crippen LogP contribution < -0.4 is 5.32 Å². The highest BCUT2D eigenvalue weighted by Gasteiger charge is 2.20. The van der Waals surface area contributed by atoms with E-state index in [1.54, 1.807) is 6.20 Å². The molecule has 6 nitrogen and oxygen atoms in total. The van der Waals surface area contributed by atoms with E-state index in [1.165, 1.54) is 0 Å². The molecule has 0 aliphatic rings. The van der Waals surface area contributed by atoms with Crippen molar-refractivity contribution in [3.05, 3.63) is 47.5 Å². The summed E-state index contributed by atoms with van der Waals surface area (Å²) in [7, 11) is 0. The van der Waals surface area contributed by atoms with Crippen molar-refractivity contribution < 1.29 is 14.3 Å². The molecule has 0 amide bonds. The summed E-state index contributed by atoms with van der Waals surface area (Å²) in [5, 5.41) is 13.4. The van der Waals surface area contributed by atoms with Crippen LogP contribution in [0.4, 0.5) is 0 Å². The maximum atomic E-state index is 11.4. The van der Waals surface area contributed by atoms with Gasteiger partial charge in [0.1, 0.15) is 17.4 Å². The van der Waals surface area contributed by atoms with Crippen molar-refractivity contribution in [2.45, 2.75) is 25.9 Å². The minimum Gasteiger partial charge on any atom is -0.480 e. The number of carbonyl (C=O) groups is 1. The highest BCUT2D eigenvalue weighted by Crippen LogP contribution is 2.25. The van der Waals surface area contributed by atoms with Gasteiger partial charge < -0.3 is 9.52 Å². The summed E-state index contributed by atoms with van der Waals surface area (Å²) in [4.78, 5) is 11.4. The van der Waals surface area contributed by atoms with Crippen LogP contribution in [0, 0.1) is 6.92 Å². The number of carboxylic acid groups (broad SMARTS) is 1. The second-order valence-corrected chi connectivity index (χ2v) is 5.56. The number of hydrogen-bond donors (Lipinski definition) is 2. The van der Waals surface area contributed by atoms with Crippen molar-refractivity contribution in [2.75, 3.05) is 0 Å². The van der Waals surface area contributed by atoms with Gasteiger partial charge in [0, 0.05) is 23.9 Å². The van der Waals surface area contributed by atoms with Crippen LogP contribution >= 0.6 is 11.7 Å². The Labute approximate surface area is 131 Å². The number of aryl methyl sites for hydroxylation is 1. The molecule has 1 aromatic carbocycles. The fourth-order valence-electron chi connectivity index (χ4n) is 2.40. The first-order chi connectivity index (χ1) is 10.6. The molecule has 2 heterocycles. The maximum Gasteiger partial charge on any atom is 0.321 e. The van der Waals surface area contributed by atoms with Crippen molar-refractivity contribution in [1.29, 1.82) is 0 Å². The average Bonchev–Trinajstić information content (AvgIpc) is 3.10. The fraction of sp³-hybridized carbons (Fsp3) is 0.267. The molecular weight excluding hydrogens is 302 g/mol. The van der Waals surface area contributed by atoms with Crippen LogP contribution in [0.3, 0.4) is 0 Å². The van der Waals surface area contributed by atoms with Gasteiger partial charge in [0.2, 0.25) is 0 Å². The number of furan rings is 1. The molecule has 2 aromatic heterocycles. The molecule has 0 saturated carbocycles. The van der Waals surface area contributed by atoms with E-state index >= 15 is 0 Å². The van der Waals surface area contributed by atoms with Crippen LogP contribution in [-0.4, -0.2) is 25.9 Å². The molecule has 3 aromatic rings. The van der Waals surface area contributed by atoms with E-state index in [-0.39, 0.29) is 0 Å². The van der Waals surface area contributed by atoms with Gasteiger partial charge in [-0.25, -0.2) is 0 Å². The molecule has 0 radical (unpaired) electrons. The zero-order chi connectivity index (χ0) is 15.5. The van der Waals surface area contributed by atoms with Gasteiger partial charge >= 0.3 is 5.97 Å². The van der Waals surface area contributed by atoms with Gasteiger partial charge in [0.15, 0.2) is 0 Å². The third-order valence-electron chi connectivity index (χ3n) is 3.54. The predicted octanol–water partition coefficient (Wildman–Crippen LogP) is 2.38. The minimum absolute atomic E-state index is 0.306. The number of aromatic nitrogens is 2. The third kappa shape index (κ3) is 3.00. The first-order valence-corrected chi connectivity index (χ1v) is 7.58. The Kier molecular flexibility index (Phi) is 4.17. The molecule has 0 bridgehead atoms. The lowest BCUT2D eigenvalue weighted by Gasteiger charge is -2.13. The number of fused-ring (bicyclic) bond motifs is 1. The molecule has 0 spiro atoms. The number of para-hydroxylation sites is 1. The molecule has 0 saturated heterocycles. The normalized spacial score (nSPS) is 12.6. The fourth-order valence-corrected chi connectivity index (χ4v) is 2.84. The van der Waals surface area contributed by atoms with Gasteiger partial charge in [0.05, 0.1) is 23.6 Å². The molecular formula is C15H15N3O3S. The highest BCUT2D eigenvalue weighted by molar-refractivity contribution is 6.99. The number of hydrogen-bond acceptors (Lipinski definition) is 6. The lowest BCUT2D eigenvalue weighted by atomic mass is 10.1. The largest absolute Gasteiger partial charge is 0.480 e. The van der Waals surface area contributed by atoms with Gasteiger partial charge in [-0.1, -0.05) is 18.2 Å². The average molecular weight is 317 g/mol. The number of rotatable bonds is 6. The lowest BCUT2D eigenvalue weighted by molar-refractivity contribution is -0.139. The van der Waals surface area contributed by atoms with Crippen LogP contribution in [0.25, 0.3) is 11.0 Å². The molecule has 7 heteroatoms. The molecule has 3 rings (SSSR count). The number of nitrogens with one attached hydrogen (secondary N) is 1. The monoisotopic (exact) mass is 317 g/mol. The molecule has 0 fully saturated rings. The second-order valence-electron chi connectivity index (χ2n) is 5.01. The van der Waals surface area contributed by atoms with Crippen LogP contribution in [0.5, 0.6) is 0 Å². The Morgan fingerprint density at radius 1 is 1.45 bits per heavy atom. The summed E-state index contributed by atoms with van der Waals surface area (Å²) >= 11 is 1.08. The van der Waals surface area contributed by atoms with Crippen molar-refractivity contribution in [1.82, 2.24) is 14.1 Å². The summed E-state index contributed by atoms with van der Waals surface area (Å²) in [5.41, 5.74) is 2.48. The summed E-state index contributed by atoms with van der Waals surface area (Å²) in [6.07, 6.45) is 1.90. The van der Waals surface area contributed by atoms with Crippen LogP contribution in [0.2, 0.25) is 0 Å². The SMILES string of the molecule is Cc1oc2ccccc2c1CNC(Cc1cnsn1)C(=O)O. The Bertz CT molecular complexity index is 783. The molecule has 0 aliphatic carbocycles. The van der Waals surface area contributed by atoms with Gasteiger partial charge in [-0.05, 0) is 13.0 Å². The van der Waals surface area contributed by atoms with E-state index in [1.807, 2.05) is 31.2 Å². The van der Waals surface area contributed by atoms with E-state index in [0.29, 0.717) is 18.7 Å². The first kappa shape index (κ1) is 14.7.